The molecule has 7 nitrogen and oxygen atoms in total. The van der Waals surface area contributed by atoms with Gasteiger partial charge in [-0.15, -0.1) is 21.0 Å². The second-order valence-electron chi connectivity index (χ2n) is 2.60. The van der Waals surface area contributed by atoms with Crippen LogP contribution in [-0.2, 0) is 9.09 Å². The summed E-state index contributed by atoms with van der Waals surface area (Å²) in [7, 11) is -2.44. The molecule has 0 amide bonds. The third-order valence-corrected chi connectivity index (χ3v) is 1.78. The van der Waals surface area contributed by atoms with Gasteiger partial charge in [-0.2, -0.15) is 0 Å². The molecular formula is C6H16ClNO6P+. The topological polar surface area (TPSA) is 133 Å². The Morgan fingerprint density at radius 3 is 1.73 bits per heavy atom. The predicted octanol–water partition coefficient (Wildman–Crippen LogP) is -1.45. The van der Waals surface area contributed by atoms with Crippen molar-refractivity contribution in [2.24, 2.45) is 5.73 Å². The highest BCUT2D eigenvalue weighted by molar-refractivity contribution is 7.32. The van der Waals surface area contributed by atoms with Crippen LogP contribution in [0.3, 0.4) is 0 Å². The quantitative estimate of drug-likeness (QED) is 0.293. The monoisotopic (exact) mass is 264 g/mol. The first kappa shape index (κ1) is 17.5. The summed E-state index contributed by atoms with van der Waals surface area (Å²) in [5.41, 5.74) is 3.94. The molecule has 0 aromatic carbocycles. The van der Waals surface area contributed by atoms with Crippen LogP contribution in [0.25, 0.3) is 0 Å². The number of halogens is 1. The molecule has 0 aliphatic carbocycles. The van der Waals surface area contributed by atoms with E-state index in [1.165, 1.54) is 0 Å². The lowest BCUT2D eigenvalue weighted by Crippen LogP contribution is -2.50. The minimum atomic E-state index is -2.44. The van der Waals surface area contributed by atoms with Gasteiger partial charge in [0, 0.05) is 4.57 Å². The largest absolute Gasteiger partial charge is 0.694 e. The van der Waals surface area contributed by atoms with E-state index >= 15 is 0 Å². The summed E-state index contributed by atoms with van der Waals surface area (Å²) in [6.07, 6.45) is 0. The molecule has 0 saturated heterocycles. The van der Waals surface area contributed by atoms with E-state index in [2.05, 4.69) is 4.52 Å². The molecule has 0 spiro atoms. The van der Waals surface area contributed by atoms with Crippen molar-refractivity contribution in [3.8, 4) is 0 Å². The third kappa shape index (κ3) is 12.1. The van der Waals surface area contributed by atoms with Crippen LogP contribution in [0, 0.1) is 0 Å². The Hall–Kier alpha value is 0.150. The fourth-order valence-electron chi connectivity index (χ4n) is 0.263. The molecule has 1 atom stereocenters. The molecule has 0 radical (unpaired) electrons. The molecule has 0 aliphatic heterocycles. The summed E-state index contributed by atoms with van der Waals surface area (Å²) in [6, 6.07) is 0. The Labute approximate surface area is 93.4 Å². The smallest absolute Gasteiger partial charge is 0.394 e. The van der Waals surface area contributed by atoms with E-state index in [1.807, 2.05) is 0 Å². The number of aliphatic hydroxyl groups is 3. The molecule has 0 heterocycles. The molecule has 0 bridgehead atoms. The van der Waals surface area contributed by atoms with Crippen molar-refractivity contribution in [3.05, 3.63) is 0 Å². The lowest BCUT2D eigenvalue weighted by Gasteiger charge is -2.20. The van der Waals surface area contributed by atoms with E-state index in [9.17, 15) is 4.57 Å². The van der Waals surface area contributed by atoms with Crippen LogP contribution in [0.1, 0.15) is 0 Å². The minimum Gasteiger partial charge on any atom is -0.394 e. The van der Waals surface area contributed by atoms with Gasteiger partial charge in [0.15, 0.2) is 0 Å². The average Bonchev–Trinajstić information content (AvgIpc) is 2.26. The molecule has 0 aromatic heterocycles. The summed E-state index contributed by atoms with van der Waals surface area (Å²) in [5.74, 6) is 0.252. The van der Waals surface area contributed by atoms with Gasteiger partial charge in [-0.1, -0.05) is 0 Å². The van der Waals surface area contributed by atoms with Crippen LogP contribution in [0.2, 0.25) is 0 Å². The van der Waals surface area contributed by atoms with Gasteiger partial charge in [-0.3, -0.25) is 0 Å². The normalized spacial score (nSPS) is 11.7. The Kier molecular flexibility index (Phi) is 12.5. The van der Waals surface area contributed by atoms with Crippen LogP contribution in [0.15, 0.2) is 0 Å². The first-order valence-electron chi connectivity index (χ1n) is 3.92. The maximum atomic E-state index is 9.63. The lowest BCUT2D eigenvalue weighted by molar-refractivity contribution is 0.0697. The summed E-state index contributed by atoms with van der Waals surface area (Å²) in [4.78, 5) is 7.91. The van der Waals surface area contributed by atoms with Gasteiger partial charge in [0.25, 0.3) is 0 Å². The number of rotatable bonds is 6. The van der Waals surface area contributed by atoms with E-state index in [4.69, 9.17) is 37.5 Å². The summed E-state index contributed by atoms with van der Waals surface area (Å²) < 4.78 is 13.7. The van der Waals surface area contributed by atoms with Crippen molar-refractivity contribution in [1.82, 2.24) is 0 Å². The second kappa shape index (κ2) is 10.7. The standard InChI is InChI=1S/C4H11NO3.C2H4ClO3P/c5-4(1-6,2-7)3-8;3-1-2-6-7(4)5/h6-8H,1-3,5H2;1-2H2/p+1. The van der Waals surface area contributed by atoms with Crippen LogP contribution in [0.4, 0.5) is 0 Å². The van der Waals surface area contributed by atoms with Crippen LogP contribution in [-0.4, -0.2) is 58.1 Å². The lowest BCUT2D eigenvalue weighted by atomic mass is 10.1. The Morgan fingerprint density at radius 1 is 1.27 bits per heavy atom. The van der Waals surface area contributed by atoms with Crippen LogP contribution >= 0.6 is 19.9 Å². The molecule has 1 unspecified atom stereocenters. The maximum Gasteiger partial charge on any atom is 0.694 e. The van der Waals surface area contributed by atoms with Gasteiger partial charge >= 0.3 is 8.25 Å². The van der Waals surface area contributed by atoms with E-state index < -0.39 is 33.6 Å². The molecule has 0 saturated carbocycles. The molecule has 9 heteroatoms. The fraction of sp³-hybridized carbons (Fsp3) is 1.00. The Balaban J connectivity index is 0. The van der Waals surface area contributed by atoms with E-state index in [0.717, 1.165) is 0 Å². The van der Waals surface area contributed by atoms with Crippen molar-refractivity contribution in [2.45, 2.75) is 5.54 Å². The van der Waals surface area contributed by atoms with Crippen LogP contribution < -0.4 is 5.73 Å². The average molecular weight is 265 g/mol. The number of alkyl halides is 1. The third-order valence-electron chi connectivity index (χ3n) is 1.22. The molecule has 0 rings (SSSR count). The van der Waals surface area contributed by atoms with Gasteiger partial charge in [0.1, 0.15) is 6.61 Å². The Bertz CT molecular complexity index is 159. The van der Waals surface area contributed by atoms with Crippen molar-refractivity contribution >= 4 is 19.9 Å². The van der Waals surface area contributed by atoms with Crippen molar-refractivity contribution in [1.29, 1.82) is 0 Å². The highest BCUT2D eigenvalue weighted by Gasteiger charge is 2.20. The zero-order valence-corrected chi connectivity index (χ0v) is 9.69. The van der Waals surface area contributed by atoms with Gasteiger partial charge < -0.3 is 21.1 Å². The molecule has 0 aliphatic rings. The number of nitrogens with two attached hydrogens (primary N) is 1. The second-order valence-corrected chi connectivity index (χ2v) is 3.71. The SMILES string of the molecule is NC(CO)(CO)CO.O=[P+](O)OCCCl. The van der Waals surface area contributed by atoms with Crippen molar-refractivity contribution in [3.63, 3.8) is 0 Å². The van der Waals surface area contributed by atoms with Gasteiger partial charge in [0.05, 0.1) is 31.2 Å². The molecule has 92 valence electrons. The van der Waals surface area contributed by atoms with E-state index in [-0.39, 0.29) is 12.5 Å². The predicted molar refractivity (Wildman–Crippen MR) is 54.7 cm³/mol. The fourth-order valence-corrected chi connectivity index (χ4v) is 0.695. The van der Waals surface area contributed by atoms with Crippen molar-refractivity contribution < 1.29 is 29.3 Å². The van der Waals surface area contributed by atoms with Crippen LogP contribution in [0.5, 0.6) is 0 Å². The minimum absolute atomic E-state index is 0.132. The molecule has 6 N–H and O–H groups in total. The molecule has 15 heavy (non-hydrogen) atoms. The highest BCUT2D eigenvalue weighted by atomic mass is 35.5. The first-order chi connectivity index (χ1) is 6.95. The van der Waals surface area contributed by atoms with E-state index in [1.54, 1.807) is 0 Å². The van der Waals surface area contributed by atoms with Gasteiger partial charge in [0.2, 0.25) is 0 Å². The molecule has 0 fully saturated rings. The Morgan fingerprint density at radius 2 is 1.67 bits per heavy atom. The van der Waals surface area contributed by atoms with Gasteiger partial charge in [-0.05, 0) is 0 Å². The van der Waals surface area contributed by atoms with E-state index in [0.29, 0.717) is 0 Å². The maximum absolute atomic E-state index is 9.63. The molecule has 0 aromatic rings. The first-order valence-corrected chi connectivity index (χ1v) is 5.58. The summed E-state index contributed by atoms with van der Waals surface area (Å²) in [6.45, 7) is -1.08. The zero-order chi connectivity index (χ0) is 12.3. The summed E-state index contributed by atoms with van der Waals surface area (Å²) in [5, 5.41) is 25.0. The summed E-state index contributed by atoms with van der Waals surface area (Å²) >= 11 is 5.08. The number of hydrogen-bond acceptors (Lipinski definition) is 6. The number of aliphatic hydroxyl groups excluding tert-OH is 3. The van der Waals surface area contributed by atoms with Gasteiger partial charge in [-0.25, -0.2) is 0 Å². The zero-order valence-electron chi connectivity index (χ0n) is 8.04. The van der Waals surface area contributed by atoms with Crippen molar-refractivity contribution in [2.75, 3.05) is 32.3 Å². The highest BCUT2D eigenvalue weighted by Crippen LogP contribution is 2.12. The number of hydrogen-bond donors (Lipinski definition) is 5. The molecular weight excluding hydrogens is 248 g/mol.